The number of carbonyl (C=O) groups excluding carboxylic acids is 4. The molecule has 3 N–H and O–H groups in total. The summed E-state index contributed by atoms with van der Waals surface area (Å²) in [6.45, 7) is 4.93. The highest BCUT2D eigenvalue weighted by Crippen LogP contribution is 2.46. The summed E-state index contributed by atoms with van der Waals surface area (Å²) in [4.78, 5) is 66.9. The number of amides is 4. The van der Waals surface area contributed by atoms with Gasteiger partial charge in [0.25, 0.3) is 5.91 Å². The summed E-state index contributed by atoms with van der Waals surface area (Å²) in [5.74, 6) is -2.54. The topological polar surface area (TPSA) is 208 Å². The Morgan fingerprint density at radius 3 is 2.48 bits per heavy atom. The molecular weight excluding hydrogens is 850 g/mol. The molecule has 0 spiro atoms. The smallest absolute Gasteiger partial charge is 0.427 e. The first-order valence-electron chi connectivity index (χ1n) is 21.2. The number of carbonyl (C=O) groups is 4. The number of oxazole rings is 1. The number of allylic oxidation sites excluding steroid dienone is 1. The minimum Gasteiger partial charge on any atom is -0.497 e. The SMILES string of the molecule is CC[C@@H]1CC/C=C\[C@H]2C[C@@]2(C(=O)NS(=O)(=O)C2CC2)NC(=O)[C@@H]2C[C@@H](Oc3ncc(-c4cnco4)c4cc(OC)ccc34)CN2C(=O)[C@@H](NC(=O)OC(C)(C)C(F)(F)F)[C@H](CC)C1. The first-order chi connectivity index (χ1) is 29.8. The lowest BCUT2D eigenvalue weighted by atomic mass is 9.83. The molecule has 2 aliphatic carbocycles. The first-order valence-corrected chi connectivity index (χ1v) is 22.8. The summed E-state index contributed by atoms with van der Waals surface area (Å²) in [7, 11) is -2.49. The van der Waals surface area contributed by atoms with Crippen molar-refractivity contribution in [3.63, 3.8) is 0 Å². The molecule has 342 valence electrons. The van der Waals surface area contributed by atoms with Gasteiger partial charge >= 0.3 is 12.3 Å². The summed E-state index contributed by atoms with van der Waals surface area (Å²) in [5, 5.41) is 5.71. The predicted octanol–water partition coefficient (Wildman–Crippen LogP) is 5.96. The number of benzene rings is 1. The van der Waals surface area contributed by atoms with Crippen LogP contribution in [0, 0.1) is 17.8 Å². The van der Waals surface area contributed by atoms with Crippen molar-refractivity contribution in [3.8, 4) is 23.0 Å². The third-order valence-electron chi connectivity index (χ3n) is 12.7. The number of hydrogen-bond donors (Lipinski definition) is 3. The highest BCUT2D eigenvalue weighted by atomic mass is 32.2. The largest absolute Gasteiger partial charge is 0.497 e. The minimum absolute atomic E-state index is 0.00327. The number of nitrogens with zero attached hydrogens (tertiary/aromatic N) is 3. The molecule has 0 bridgehead atoms. The van der Waals surface area contributed by atoms with Crippen LogP contribution in [0.3, 0.4) is 0 Å². The average Bonchev–Trinajstić information content (AvgIpc) is 4.10. The van der Waals surface area contributed by atoms with Gasteiger partial charge in [-0.1, -0.05) is 38.8 Å². The summed E-state index contributed by atoms with van der Waals surface area (Å²) in [6, 6.07) is 2.39. The van der Waals surface area contributed by atoms with Gasteiger partial charge in [0.15, 0.2) is 12.2 Å². The minimum atomic E-state index is -4.93. The summed E-state index contributed by atoms with van der Waals surface area (Å²) in [5.41, 5.74) is -3.98. The Balaban J connectivity index is 1.27. The third-order valence-corrected chi connectivity index (χ3v) is 14.6. The molecule has 2 aromatic heterocycles. The molecule has 1 saturated heterocycles. The van der Waals surface area contributed by atoms with Crippen molar-refractivity contribution in [2.45, 2.75) is 126 Å². The Hall–Kier alpha value is -5.40. The van der Waals surface area contributed by atoms with Gasteiger partial charge in [-0.25, -0.2) is 23.2 Å². The van der Waals surface area contributed by atoms with Crippen LogP contribution in [0.4, 0.5) is 18.0 Å². The van der Waals surface area contributed by atoms with Gasteiger partial charge in [0.2, 0.25) is 33.3 Å². The molecule has 0 unspecified atom stereocenters. The van der Waals surface area contributed by atoms with Crippen molar-refractivity contribution in [1.29, 1.82) is 0 Å². The van der Waals surface area contributed by atoms with Gasteiger partial charge in [0, 0.05) is 34.9 Å². The quantitative estimate of drug-likeness (QED) is 0.191. The zero-order valence-corrected chi connectivity index (χ0v) is 36.5. The van der Waals surface area contributed by atoms with E-state index in [1.54, 1.807) is 31.2 Å². The Morgan fingerprint density at radius 1 is 1.06 bits per heavy atom. The van der Waals surface area contributed by atoms with Crippen LogP contribution < -0.4 is 24.8 Å². The van der Waals surface area contributed by atoms with Gasteiger partial charge in [-0.3, -0.25) is 19.1 Å². The number of halogens is 3. The molecule has 4 heterocycles. The predicted molar refractivity (Wildman–Crippen MR) is 221 cm³/mol. The normalized spacial score (nSPS) is 27.5. The van der Waals surface area contributed by atoms with Gasteiger partial charge in [-0.15, -0.1) is 0 Å². The lowest BCUT2D eigenvalue weighted by Crippen LogP contribution is -2.59. The van der Waals surface area contributed by atoms with Gasteiger partial charge in [-0.2, -0.15) is 13.2 Å². The van der Waals surface area contributed by atoms with E-state index in [-0.39, 0.29) is 31.2 Å². The van der Waals surface area contributed by atoms with Crippen LogP contribution in [0.1, 0.15) is 85.5 Å². The van der Waals surface area contributed by atoms with Crippen LogP contribution in [0.15, 0.2) is 53.6 Å². The number of alkyl carbamates (subject to hydrolysis) is 1. The van der Waals surface area contributed by atoms with E-state index in [1.807, 2.05) is 13.0 Å². The molecule has 4 aliphatic rings. The third kappa shape index (κ3) is 9.60. The fourth-order valence-electron chi connectivity index (χ4n) is 8.51. The maximum Gasteiger partial charge on any atom is 0.427 e. The molecule has 3 fully saturated rings. The molecule has 4 amide bonds. The van der Waals surface area contributed by atoms with E-state index in [2.05, 4.69) is 25.3 Å². The zero-order valence-electron chi connectivity index (χ0n) is 35.7. The Kier molecular flexibility index (Phi) is 12.8. The molecule has 2 aliphatic heterocycles. The summed E-state index contributed by atoms with van der Waals surface area (Å²) < 4.78 is 92.3. The Morgan fingerprint density at radius 2 is 1.83 bits per heavy atom. The molecule has 0 radical (unpaired) electrons. The van der Waals surface area contributed by atoms with Crippen molar-refractivity contribution in [2.75, 3.05) is 13.7 Å². The number of fused-ring (bicyclic) bond motifs is 3. The number of ether oxygens (including phenoxy) is 3. The van der Waals surface area contributed by atoms with E-state index in [0.29, 0.717) is 86.6 Å². The fourth-order valence-corrected chi connectivity index (χ4v) is 9.88. The first kappa shape index (κ1) is 45.6. The average molecular weight is 903 g/mol. The molecule has 3 aromatic rings. The standard InChI is InChI=1S/C43H53F3N6O10S/c1-6-24-10-8-9-11-26-19-42(26,39(55)51-63(57,58)29-13-14-29)50-36(53)33-18-28(61-37-30-15-12-27(59-5)17-31(30)32(20-48-37)34-21-47-23-60-34)22-52(33)38(54)35(25(7-2)16-24)49-40(56)62-41(3,4)43(44,45)46/h9,11-12,15,17,20-21,23-26,28-29,33,35H,6-8,10,13-14,16,18-19,22H2,1-5H3,(H,49,56)(H,50,53)(H,51,55)/b11-9-/t24-,25-,26+,28-,33+,35+,42-/m1/s1. The summed E-state index contributed by atoms with van der Waals surface area (Å²) >= 11 is 0. The number of alkyl halides is 3. The number of aromatic nitrogens is 2. The summed E-state index contributed by atoms with van der Waals surface area (Å²) in [6.07, 6.45) is 4.02. The maximum absolute atomic E-state index is 15.1. The molecule has 63 heavy (non-hydrogen) atoms. The second-order valence-electron chi connectivity index (χ2n) is 17.4. The van der Waals surface area contributed by atoms with E-state index >= 15 is 4.79 Å². The Bertz CT molecular complexity index is 2360. The van der Waals surface area contributed by atoms with Gasteiger partial charge in [0.1, 0.15) is 29.5 Å². The van der Waals surface area contributed by atoms with E-state index in [1.165, 1.54) is 30.8 Å². The molecule has 20 heteroatoms. The molecule has 2 saturated carbocycles. The van der Waals surface area contributed by atoms with E-state index in [9.17, 15) is 36.0 Å². The lowest BCUT2D eigenvalue weighted by Gasteiger charge is -2.35. The molecule has 7 rings (SSSR count). The molecule has 1 aromatic carbocycles. The lowest BCUT2D eigenvalue weighted by molar-refractivity contribution is -0.244. The number of pyridine rings is 1. The van der Waals surface area contributed by atoms with Crippen molar-refractivity contribution >= 4 is 44.6 Å². The maximum atomic E-state index is 15.1. The van der Waals surface area contributed by atoms with Gasteiger partial charge in [-0.05, 0) is 82.4 Å². The van der Waals surface area contributed by atoms with Crippen molar-refractivity contribution in [1.82, 2.24) is 30.2 Å². The van der Waals surface area contributed by atoms with E-state index in [4.69, 9.17) is 18.6 Å². The van der Waals surface area contributed by atoms with Crippen molar-refractivity contribution < 1.29 is 59.4 Å². The van der Waals surface area contributed by atoms with Crippen LogP contribution in [0.5, 0.6) is 11.6 Å². The highest BCUT2D eigenvalue weighted by molar-refractivity contribution is 7.91. The van der Waals surface area contributed by atoms with E-state index < -0.39 is 86.4 Å². The van der Waals surface area contributed by atoms with Crippen LogP contribution in [0.25, 0.3) is 22.1 Å². The van der Waals surface area contributed by atoms with Crippen molar-refractivity contribution in [2.24, 2.45) is 17.8 Å². The second-order valence-corrected chi connectivity index (χ2v) is 19.3. The van der Waals surface area contributed by atoms with Crippen LogP contribution in [0.2, 0.25) is 0 Å². The zero-order chi connectivity index (χ0) is 45.5. The van der Waals surface area contributed by atoms with Gasteiger partial charge < -0.3 is 34.2 Å². The van der Waals surface area contributed by atoms with E-state index in [0.717, 1.165) is 0 Å². The number of sulfonamides is 1. The Labute approximate surface area is 363 Å². The van der Waals surface area contributed by atoms with Crippen LogP contribution in [-0.2, 0) is 29.1 Å². The monoisotopic (exact) mass is 902 g/mol. The number of hydrogen-bond acceptors (Lipinski definition) is 12. The van der Waals surface area contributed by atoms with Crippen LogP contribution in [-0.4, -0.2) is 102 Å². The van der Waals surface area contributed by atoms with Crippen molar-refractivity contribution in [3.05, 3.63) is 49.1 Å². The number of nitrogens with one attached hydrogen (secondary N) is 3. The fraction of sp³-hybridized carbons (Fsp3) is 0.581. The molecular formula is C43H53F3N6O10S. The second kappa shape index (κ2) is 17.6. The van der Waals surface area contributed by atoms with Crippen LogP contribution >= 0.6 is 0 Å². The number of rotatable bonds is 11. The highest BCUT2D eigenvalue weighted by Gasteiger charge is 2.62. The molecule has 7 atom stereocenters. The number of methoxy groups -OCH3 is 1. The van der Waals surface area contributed by atoms with Gasteiger partial charge in [0.05, 0.1) is 25.1 Å². The molecule has 16 nitrogen and oxygen atoms in total.